The van der Waals surface area contributed by atoms with Crippen LogP contribution in [0.2, 0.25) is 5.82 Å². The van der Waals surface area contributed by atoms with Gasteiger partial charge in [0.15, 0.2) is 0 Å². The van der Waals surface area contributed by atoms with Gasteiger partial charge in [-0.2, -0.15) is 0 Å². The molecule has 1 aliphatic carbocycles. The highest BCUT2D eigenvalue weighted by Crippen LogP contribution is 2.36. The second kappa shape index (κ2) is 4.42. The van der Waals surface area contributed by atoms with Crippen molar-refractivity contribution in [2.24, 2.45) is 17.4 Å². The first-order chi connectivity index (χ1) is 6.07. The molecule has 0 heterocycles. The first-order valence-corrected chi connectivity index (χ1v) is 4.74. The predicted octanol–water partition coefficient (Wildman–Crippen LogP) is -0.882. The van der Waals surface area contributed by atoms with Crippen LogP contribution in [0.4, 0.5) is 0 Å². The first-order valence-electron chi connectivity index (χ1n) is 4.74. The van der Waals surface area contributed by atoms with Crippen LogP contribution >= 0.6 is 0 Å². The highest BCUT2D eigenvalue weighted by molar-refractivity contribution is 6.43. The molecule has 4 unspecified atom stereocenters. The normalized spacial score (nSPS) is 36.2. The lowest BCUT2D eigenvalue weighted by Gasteiger charge is -2.25. The molecule has 13 heavy (non-hydrogen) atoms. The minimum absolute atomic E-state index is 0.00204. The summed E-state index contributed by atoms with van der Waals surface area (Å²) < 4.78 is 0. The zero-order valence-corrected chi connectivity index (χ0v) is 7.76. The van der Waals surface area contributed by atoms with Gasteiger partial charge in [0.25, 0.3) is 0 Å². The van der Waals surface area contributed by atoms with E-state index in [2.05, 4.69) is 6.92 Å². The second-order valence-corrected chi connectivity index (χ2v) is 3.85. The maximum Gasteiger partial charge on any atom is 0.455 e. The van der Waals surface area contributed by atoms with Crippen molar-refractivity contribution >= 4 is 7.12 Å². The molecule has 6 N–H and O–H groups in total. The molecule has 0 aromatic rings. The molecule has 0 amide bonds. The maximum atomic E-state index is 9.10. The summed E-state index contributed by atoms with van der Waals surface area (Å²) in [4.78, 5) is 0. The number of hydrogen-bond acceptors (Lipinski definition) is 4. The van der Waals surface area contributed by atoms with Crippen LogP contribution in [0.1, 0.15) is 19.3 Å². The first kappa shape index (κ1) is 11.0. The van der Waals surface area contributed by atoms with Gasteiger partial charge in [-0.25, -0.2) is 0 Å². The molecule has 0 saturated heterocycles. The van der Waals surface area contributed by atoms with E-state index in [-0.39, 0.29) is 23.8 Å². The fourth-order valence-electron chi connectivity index (χ4n) is 2.17. The van der Waals surface area contributed by atoms with Crippen LogP contribution in [0.15, 0.2) is 0 Å². The quantitative estimate of drug-likeness (QED) is 0.429. The van der Waals surface area contributed by atoms with Crippen LogP contribution in [0.5, 0.6) is 0 Å². The molecule has 1 aliphatic rings. The highest BCUT2D eigenvalue weighted by Gasteiger charge is 2.40. The summed E-state index contributed by atoms with van der Waals surface area (Å²) in [6, 6.07) is -0.119. The Hall–Kier alpha value is -0.0951. The second-order valence-electron chi connectivity index (χ2n) is 3.85. The Bertz CT molecular complexity index is 168. The molecule has 0 spiro atoms. The number of rotatable bonds is 3. The zero-order valence-electron chi connectivity index (χ0n) is 7.76. The Labute approximate surface area is 79.4 Å². The lowest BCUT2D eigenvalue weighted by Crippen LogP contribution is -2.43. The smallest absolute Gasteiger partial charge is 0.427 e. The van der Waals surface area contributed by atoms with Gasteiger partial charge in [-0.05, 0) is 24.6 Å². The van der Waals surface area contributed by atoms with E-state index in [0.717, 1.165) is 12.8 Å². The minimum atomic E-state index is -1.32. The van der Waals surface area contributed by atoms with Gasteiger partial charge >= 0.3 is 7.12 Å². The monoisotopic (exact) mass is 185 g/mol. The lowest BCUT2D eigenvalue weighted by atomic mass is 9.63. The van der Waals surface area contributed by atoms with Crippen molar-refractivity contribution in [2.45, 2.75) is 37.2 Å². The zero-order chi connectivity index (χ0) is 10.0. The van der Waals surface area contributed by atoms with Crippen LogP contribution in [0, 0.1) is 12.8 Å². The van der Waals surface area contributed by atoms with E-state index in [1.807, 2.05) is 0 Å². The van der Waals surface area contributed by atoms with Crippen LogP contribution in [0.25, 0.3) is 0 Å². The van der Waals surface area contributed by atoms with Crippen molar-refractivity contribution in [3.63, 3.8) is 0 Å². The summed E-state index contributed by atoms with van der Waals surface area (Å²) in [6.45, 7) is 3.69. The SMILES string of the molecule is [CH2]CC(B(O)O)C1CCC(N)C1N. The predicted molar refractivity (Wildman–Crippen MR) is 52.6 cm³/mol. The summed E-state index contributed by atoms with van der Waals surface area (Å²) in [7, 11) is -1.32. The molecule has 4 nitrogen and oxygen atoms in total. The topological polar surface area (TPSA) is 92.5 Å². The summed E-state index contributed by atoms with van der Waals surface area (Å²) in [5, 5.41) is 18.2. The molecular formula is C8H18BN2O2. The van der Waals surface area contributed by atoms with Crippen molar-refractivity contribution < 1.29 is 10.0 Å². The molecule has 1 rings (SSSR count). The van der Waals surface area contributed by atoms with E-state index in [0.29, 0.717) is 6.42 Å². The van der Waals surface area contributed by atoms with Gasteiger partial charge < -0.3 is 21.5 Å². The van der Waals surface area contributed by atoms with Gasteiger partial charge in [-0.1, -0.05) is 13.3 Å². The van der Waals surface area contributed by atoms with Crippen molar-refractivity contribution in [1.82, 2.24) is 0 Å². The fraction of sp³-hybridized carbons (Fsp3) is 0.875. The molecule has 75 valence electrons. The third-order valence-corrected chi connectivity index (χ3v) is 3.09. The van der Waals surface area contributed by atoms with Crippen molar-refractivity contribution in [3.8, 4) is 0 Å². The van der Waals surface area contributed by atoms with Gasteiger partial charge in [-0.3, -0.25) is 0 Å². The maximum absolute atomic E-state index is 9.10. The van der Waals surface area contributed by atoms with Crippen molar-refractivity contribution in [2.75, 3.05) is 0 Å². The third-order valence-electron chi connectivity index (χ3n) is 3.09. The van der Waals surface area contributed by atoms with Crippen molar-refractivity contribution in [3.05, 3.63) is 6.92 Å². The molecule has 0 aromatic heterocycles. The van der Waals surface area contributed by atoms with E-state index in [1.54, 1.807) is 0 Å². The third kappa shape index (κ3) is 2.23. The van der Waals surface area contributed by atoms with Gasteiger partial charge in [0.05, 0.1) is 0 Å². The van der Waals surface area contributed by atoms with Gasteiger partial charge in [0, 0.05) is 12.1 Å². The average molecular weight is 185 g/mol. The summed E-state index contributed by atoms with van der Waals surface area (Å²) in [6.07, 6.45) is 2.23. The molecule has 4 atom stereocenters. The van der Waals surface area contributed by atoms with E-state index < -0.39 is 7.12 Å². The molecule has 1 radical (unpaired) electrons. The molecular weight excluding hydrogens is 167 g/mol. The Morgan fingerprint density at radius 1 is 1.38 bits per heavy atom. The van der Waals surface area contributed by atoms with E-state index in [4.69, 9.17) is 21.5 Å². The molecule has 0 bridgehead atoms. The standard InChI is InChI=1S/C8H18BN2O2/c1-2-6(9(12)13)5-3-4-7(10)8(5)11/h5-8,12-13H,1-4,10-11H2. The molecule has 1 saturated carbocycles. The summed E-state index contributed by atoms with van der Waals surface area (Å²) in [5.74, 6) is -0.129. The minimum Gasteiger partial charge on any atom is -0.427 e. The van der Waals surface area contributed by atoms with Gasteiger partial charge in [0.2, 0.25) is 0 Å². The molecule has 0 aromatic carbocycles. The van der Waals surface area contributed by atoms with Gasteiger partial charge in [0.1, 0.15) is 0 Å². The highest BCUT2D eigenvalue weighted by atomic mass is 16.4. The fourth-order valence-corrected chi connectivity index (χ4v) is 2.17. The van der Waals surface area contributed by atoms with Crippen LogP contribution in [0.3, 0.4) is 0 Å². The Kier molecular flexibility index (Phi) is 3.73. The van der Waals surface area contributed by atoms with E-state index in [1.165, 1.54) is 0 Å². The number of nitrogens with two attached hydrogens (primary N) is 2. The Balaban J connectivity index is 2.59. The Morgan fingerprint density at radius 2 is 2.00 bits per heavy atom. The van der Waals surface area contributed by atoms with Crippen LogP contribution in [-0.4, -0.2) is 29.3 Å². The van der Waals surface area contributed by atoms with Gasteiger partial charge in [-0.15, -0.1) is 0 Å². The largest absolute Gasteiger partial charge is 0.455 e. The molecule has 0 aliphatic heterocycles. The van der Waals surface area contributed by atoms with Crippen LogP contribution < -0.4 is 11.5 Å². The molecule has 1 fully saturated rings. The van der Waals surface area contributed by atoms with E-state index in [9.17, 15) is 0 Å². The molecule has 5 heteroatoms. The van der Waals surface area contributed by atoms with Crippen molar-refractivity contribution in [1.29, 1.82) is 0 Å². The van der Waals surface area contributed by atoms with Crippen LogP contribution in [-0.2, 0) is 0 Å². The average Bonchev–Trinajstić information content (AvgIpc) is 2.37. The summed E-state index contributed by atoms with van der Waals surface area (Å²) >= 11 is 0. The Morgan fingerprint density at radius 3 is 2.31 bits per heavy atom. The number of hydrogen-bond donors (Lipinski definition) is 4. The summed E-state index contributed by atoms with van der Waals surface area (Å²) in [5.41, 5.74) is 11.6. The van der Waals surface area contributed by atoms with E-state index >= 15 is 0 Å². The lowest BCUT2D eigenvalue weighted by molar-refractivity contribution is 0.328.